The Kier molecular flexibility index (Phi) is 4.67. The lowest BCUT2D eigenvalue weighted by Gasteiger charge is -2.28. The fraction of sp³-hybridized carbons (Fsp3) is 0.571. The van der Waals surface area contributed by atoms with Crippen LogP contribution < -0.4 is 15.8 Å². The fourth-order valence-corrected chi connectivity index (χ4v) is 1.99. The Labute approximate surface area is 104 Å². The summed E-state index contributed by atoms with van der Waals surface area (Å²) >= 11 is 0. The summed E-state index contributed by atoms with van der Waals surface area (Å²) in [5.74, 6) is 0.754. The van der Waals surface area contributed by atoms with Crippen molar-refractivity contribution in [2.24, 2.45) is 0 Å². The van der Waals surface area contributed by atoms with Crippen LogP contribution in [-0.2, 0) is 0 Å². The Hall–Kier alpha value is -1.38. The molecule has 3 nitrogen and oxygen atoms in total. The molecule has 0 heterocycles. The van der Waals surface area contributed by atoms with Gasteiger partial charge in [0.25, 0.3) is 0 Å². The molecule has 0 amide bonds. The maximum absolute atomic E-state index is 6.09. The van der Waals surface area contributed by atoms with Crippen molar-refractivity contribution in [3.05, 3.63) is 18.2 Å². The summed E-state index contributed by atoms with van der Waals surface area (Å²) in [4.78, 5) is 0. The zero-order valence-corrected chi connectivity index (χ0v) is 11.3. The van der Waals surface area contributed by atoms with Gasteiger partial charge < -0.3 is 15.8 Å². The molecule has 0 radical (unpaired) electrons. The van der Waals surface area contributed by atoms with E-state index in [1.54, 1.807) is 0 Å². The van der Waals surface area contributed by atoms with Crippen LogP contribution in [0.25, 0.3) is 0 Å². The van der Waals surface area contributed by atoms with E-state index in [-0.39, 0.29) is 5.54 Å². The molecule has 17 heavy (non-hydrogen) atoms. The number of hydrogen-bond donors (Lipinski definition) is 2. The summed E-state index contributed by atoms with van der Waals surface area (Å²) in [5.41, 5.74) is 7.78. The topological polar surface area (TPSA) is 47.3 Å². The molecule has 1 aromatic rings. The van der Waals surface area contributed by atoms with Crippen molar-refractivity contribution in [3.63, 3.8) is 0 Å². The van der Waals surface area contributed by atoms with Gasteiger partial charge in [0.1, 0.15) is 5.75 Å². The maximum Gasteiger partial charge on any atom is 0.144 e. The molecule has 0 unspecified atom stereocenters. The van der Waals surface area contributed by atoms with Crippen LogP contribution in [-0.4, -0.2) is 12.1 Å². The second-order valence-corrected chi connectivity index (χ2v) is 4.91. The molecule has 0 bridgehead atoms. The third-order valence-corrected chi connectivity index (χ3v) is 2.71. The SMILES string of the molecule is CCCC(C)(C)Nc1cccc(OCC)c1N. The van der Waals surface area contributed by atoms with Crippen LogP contribution in [0.4, 0.5) is 11.4 Å². The summed E-state index contributed by atoms with van der Waals surface area (Å²) in [6.07, 6.45) is 2.25. The van der Waals surface area contributed by atoms with E-state index in [1.807, 2.05) is 25.1 Å². The number of nitrogen functional groups attached to an aromatic ring is 1. The number of rotatable bonds is 6. The molecule has 1 aromatic carbocycles. The standard InChI is InChI=1S/C14H24N2O/c1-5-10-14(3,4)16-11-8-7-9-12(13(11)15)17-6-2/h7-9,16H,5-6,10,15H2,1-4H3. The van der Waals surface area contributed by atoms with Crippen molar-refractivity contribution in [3.8, 4) is 5.75 Å². The van der Waals surface area contributed by atoms with Gasteiger partial charge >= 0.3 is 0 Å². The minimum atomic E-state index is 0.0493. The van der Waals surface area contributed by atoms with E-state index in [0.717, 1.165) is 24.3 Å². The first-order valence-electron chi connectivity index (χ1n) is 6.29. The van der Waals surface area contributed by atoms with Crippen LogP contribution >= 0.6 is 0 Å². The van der Waals surface area contributed by atoms with Gasteiger partial charge in [0.15, 0.2) is 0 Å². The number of ether oxygens (including phenoxy) is 1. The molecule has 0 atom stereocenters. The van der Waals surface area contributed by atoms with Crippen molar-refractivity contribution in [1.29, 1.82) is 0 Å². The van der Waals surface area contributed by atoms with Gasteiger partial charge in [-0.25, -0.2) is 0 Å². The quantitative estimate of drug-likeness (QED) is 0.741. The normalized spacial score (nSPS) is 11.3. The highest BCUT2D eigenvalue weighted by Crippen LogP contribution is 2.32. The Morgan fingerprint density at radius 2 is 2.00 bits per heavy atom. The Morgan fingerprint density at radius 1 is 1.29 bits per heavy atom. The molecule has 0 aliphatic rings. The molecule has 0 saturated carbocycles. The van der Waals surface area contributed by atoms with E-state index < -0.39 is 0 Å². The lowest BCUT2D eigenvalue weighted by atomic mass is 9.98. The lowest BCUT2D eigenvalue weighted by Crippen LogP contribution is -2.30. The van der Waals surface area contributed by atoms with Gasteiger partial charge in [-0.05, 0) is 39.3 Å². The predicted octanol–water partition coefficient (Wildman–Crippen LogP) is 3.66. The molecule has 0 aromatic heterocycles. The van der Waals surface area contributed by atoms with Crippen molar-refractivity contribution >= 4 is 11.4 Å². The Bertz CT molecular complexity index is 361. The average Bonchev–Trinajstić information content (AvgIpc) is 2.24. The van der Waals surface area contributed by atoms with E-state index in [0.29, 0.717) is 12.3 Å². The molecule has 3 heteroatoms. The van der Waals surface area contributed by atoms with Crippen LogP contribution in [0.3, 0.4) is 0 Å². The summed E-state index contributed by atoms with van der Waals surface area (Å²) in [7, 11) is 0. The first-order valence-corrected chi connectivity index (χ1v) is 6.29. The molecule has 0 aliphatic carbocycles. The van der Waals surface area contributed by atoms with E-state index in [2.05, 4.69) is 26.1 Å². The highest BCUT2D eigenvalue weighted by atomic mass is 16.5. The molecular formula is C14H24N2O. The van der Waals surface area contributed by atoms with Crippen LogP contribution in [0.5, 0.6) is 5.75 Å². The molecule has 0 saturated heterocycles. The monoisotopic (exact) mass is 236 g/mol. The Balaban J connectivity index is 2.87. The second-order valence-electron chi connectivity index (χ2n) is 4.91. The number of benzene rings is 1. The highest BCUT2D eigenvalue weighted by Gasteiger charge is 2.18. The number of anilines is 2. The molecule has 0 aliphatic heterocycles. The van der Waals surface area contributed by atoms with Gasteiger partial charge in [0, 0.05) is 5.54 Å². The second kappa shape index (κ2) is 5.80. The number of para-hydroxylation sites is 1. The van der Waals surface area contributed by atoms with Gasteiger partial charge in [-0.1, -0.05) is 19.4 Å². The minimum Gasteiger partial charge on any atom is -0.492 e. The van der Waals surface area contributed by atoms with E-state index >= 15 is 0 Å². The lowest BCUT2D eigenvalue weighted by molar-refractivity contribution is 0.342. The molecular weight excluding hydrogens is 212 g/mol. The van der Waals surface area contributed by atoms with Crippen molar-refractivity contribution in [2.45, 2.75) is 46.1 Å². The first kappa shape index (κ1) is 13.7. The zero-order valence-electron chi connectivity index (χ0n) is 11.3. The number of nitrogens with one attached hydrogen (secondary N) is 1. The molecule has 0 spiro atoms. The van der Waals surface area contributed by atoms with Crippen LogP contribution in [0, 0.1) is 0 Å². The van der Waals surface area contributed by atoms with Crippen molar-refractivity contribution in [2.75, 3.05) is 17.7 Å². The number of nitrogens with two attached hydrogens (primary N) is 1. The van der Waals surface area contributed by atoms with E-state index in [1.165, 1.54) is 0 Å². The smallest absolute Gasteiger partial charge is 0.144 e. The van der Waals surface area contributed by atoms with Gasteiger partial charge in [-0.2, -0.15) is 0 Å². The maximum atomic E-state index is 6.09. The summed E-state index contributed by atoms with van der Waals surface area (Å²) < 4.78 is 5.49. The summed E-state index contributed by atoms with van der Waals surface area (Å²) in [6, 6.07) is 5.86. The third-order valence-electron chi connectivity index (χ3n) is 2.71. The molecule has 0 fully saturated rings. The van der Waals surface area contributed by atoms with Gasteiger partial charge in [0.05, 0.1) is 18.0 Å². The molecule has 3 N–H and O–H groups in total. The molecule has 96 valence electrons. The van der Waals surface area contributed by atoms with Gasteiger partial charge in [0.2, 0.25) is 0 Å². The fourth-order valence-electron chi connectivity index (χ4n) is 1.99. The summed E-state index contributed by atoms with van der Waals surface area (Å²) in [6.45, 7) is 9.14. The zero-order chi connectivity index (χ0) is 12.9. The van der Waals surface area contributed by atoms with Crippen molar-refractivity contribution in [1.82, 2.24) is 0 Å². The average molecular weight is 236 g/mol. The summed E-state index contributed by atoms with van der Waals surface area (Å²) in [5, 5.41) is 3.48. The third kappa shape index (κ3) is 3.84. The number of hydrogen-bond acceptors (Lipinski definition) is 3. The van der Waals surface area contributed by atoms with E-state index in [4.69, 9.17) is 10.5 Å². The van der Waals surface area contributed by atoms with Gasteiger partial charge in [-0.3, -0.25) is 0 Å². The minimum absolute atomic E-state index is 0.0493. The van der Waals surface area contributed by atoms with Crippen LogP contribution in [0.15, 0.2) is 18.2 Å². The predicted molar refractivity (Wildman–Crippen MR) is 74.6 cm³/mol. The molecule has 1 rings (SSSR count). The largest absolute Gasteiger partial charge is 0.492 e. The Morgan fingerprint density at radius 3 is 2.59 bits per heavy atom. The van der Waals surface area contributed by atoms with Crippen LogP contribution in [0.1, 0.15) is 40.5 Å². The van der Waals surface area contributed by atoms with Gasteiger partial charge in [-0.15, -0.1) is 0 Å². The van der Waals surface area contributed by atoms with Crippen LogP contribution in [0.2, 0.25) is 0 Å². The van der Waals surface area contributed by atoms with Crippen molar-refractivity contribution < 1.29 is 4.74 Å². The first-order chi connectivity index (χ1) is 8.00. The highest BCUT2D eigenvalue weighted by molar-refractivity contribution is 5.73. The van der Waals surface area contributed by atoms with E-state index in [9.17, 15) is 0 Å².